The van der Waals surface area contributed by atoms with E-state index in [1.807, 2.05) is 42.5 Å². The van der Waals surface area contributed by atoms with Gasteiger partial charge in [0.25, 0.3) is 0 Å². The Balaban J connectivity index is 1.59. The molecule has 2 N–H and O–H groups in total. The van der Waals surface area contributed by atoms with Crippen LogP contribution in [-0.4, -0.2) is 26.8 Å². The highest BCUT2D eigenvalue weighted by Crippen LogP contribution is 2.17. The van der Waals surface area contributed by atoms with Crippen molar-refractivity contribution in [1.82, 2.24) is 9.55 Å². The largest absolute Gasteiger partial charge is 0.478 e. The molecular formula is C22H18N4O2. The first-order chi connectivity index (χ1) is 13.7. The Bertz CT molecular complexity index is 1130. The molecule has 28 heavy (non-hydrogen) atoms. The average molecular weight is 370 g/mol. The Morgan fingerprint density at radius 1 is 1.00 bits per heavy atom. The Kier molecular flexibility index (Phi) is 4.84. The summed E-state index contributed by atoms with van der Waals surface area (Å²) in [6.45, 7) is 0.690. The predicted octanol–water partition coefficient (Wildman–Crippen LogP) is 4.23. The quantitative estimate of drug-likeness (QED) is 0.393. The number of benzene rings is 3. The van der Waals surface area contributed by atoms with Crippen LogP contribution in [0.1, 0.15) is 21.7 Å². The summed E-state index contributed by atoms with van der Waals surface area (Å²) < 4.78 is 2.11. The summed E-state index contributed by atoms with van der Waals surface area (Å²) in [5, 5.41) is 13.2. The van der Waals surface area contributed by atoms with Crippen molar-refractivity contribution in [2.24, 2.45) is 5.10 Å². The summed E-state index contributed by atoms with van der Waals surface area (Å²) in [6.07, 6.45) is 1.67. The van der Waals surface area contributed by atoms with Gasteiger partial charge in [-0.3, -0.25) is 5.43 Å². The van der Waals surface area contributed by atoms with Gasteiger partial charge in [-0.1, -0.05) is 42.5 Å². The fraction of sp³-hybridized carbons (Fsp3) is 0.0455. The minimum absolute atomic E-state index is 0.235. The monoisotopic (exact) mass is 370 g/mol. The molecule has 138 valence electrons. The second-order valence-corrected chi connectivity index (χ2v) is 6.28. The fourth-order valence-electron chi connectivity index (χ4n) is 2.98. The standard InChI is InChI=1S/C22H18N4O2/c27-22(28)17-10-12-18(13-11-17)25-23-14-21-24-19-8-4-5-9-20(19)26(21)15-16-6-2-1-3-7-16/h1-14,25H,15H2,(H,27,28)/b23-14-. The van der Waals surface area contributed by atoms with Crippen molar-refractivity contribution in [3.63, 3.8) is 0 Å². The van der Waals surface area contributed by atoms with Gasteiger partial charge < -0.3 is 9.67 Å². The number of hydrogen-bond donors (Lipinski definition) is 2. The van der Waals surface area contributed by atoms with Crippen LogP contribution in [0.3, 0.4) is 0 Å². The van der Waals surface area contributed by atoms with Gasteiger partial charge in [0, 0.05) is 6.54 Å². The van der Waals surface area contributed by atoms with Gasteiger partial charge in [-0.05, 0) is 42.0 Å². The molecule has 0 amide bonds. The lowest BCUT2D eigenvalue weighted by molar-refractivity contribution is 0.0697. The first-order valence-electron chi connectivity index (χ1n) is 8.82. The van der Waals surface area contributed by atoms with Crippen LogP contribution in [0.2, 0.25) is 0 Å². The third kappa shape index (κ3) is 3.76. The molecule has 6 heteroatoms. The summed E-state index contributed by atoms with van der Waals surface area (Å²) in [4.78, 5) is 15.6. The maximum Gasteiger partial charge on any atom is 0.335 e. The maximum absolute atomic E-state index is 10.9. The van der Waals surface area contributed by atoms with Gasteiger partial charge in [0.2, 0.25) is 0 Å². The number of anilines is 1. The molecular weight excluding hydrogens is 352 g/mol. The molecule has 0 fully saturated rings. The average Bonchev–Trinajstić information content (AvgIpc) is 3.07. The number of carboxylic acid groups (broad SMARTS) is 1. The molecule has 0 aliphatic heterocycles. The van der Waals surface area contributed by atoms with E-state index in [2.05, 4.69) is 32.2 Å². The lowest BCUT2D eigenvalue weighted by atomic mass is 10.2. The van der Waals surface area contributed by atoms with E-state index in [1.165, 1.54) is 17.7 Å². The second kappa shape index (κ2) is 7.75. The molecule has 6 nitrogen and oxygen atoms in total. The number of hydrazone groups is 1. The van der Waals surface area contributed by atoms with Crippen LogP contribution in [0, 0.1) is 0 Å². The zero-order valence-corrected chi connectivity index (χ0v) is 15.0. The highest BCUT2D eigenvalue weighted by Gasteiger charge is 2.09. The number of hydrogen-bond acceptors (Lipinski definition) is 4. The van der Waals surface area contributed by atoms with Crippen molar-refractivity contribution in [1.29, 1.82) is 0 Å². The van der Waals surface area contributed by atoms with Gasteiger partial charge in [-0.15, -0.1) is 0 Å². The number of carbonyl (C=O) groups is 1. The molecule has 0 bridgehead atoms. The molecule has 0 aliphatic carbocycles. The number of para-hydroxylation sites is 2. The molecule has 0 unspecified atom stereocenters. The molecule has 0 atom stereocenters. The van der Waals surface area contributed by atoms with Crippen molar-refractivity contribution in [3.05, 3.63) is 95.8 Å². The lowest BCUT2D eigenvalue weighted by Gasteiger charge is -2.07. The van der Waals surface area contributed by atoms with Gasteiger partial charge in [0.05, 0.1) is 28.5 Å². The number of nitrogens with zero attached hydrogens (tertiary/aromatic N) is 3. The Morgan fingerprint density at radius 3 is 2.46 bits per heavy atom. The fourth-order valence-corrected chi connectivity index (χ4v) is 2.98. The normalized spacial score (nSPS) is 11.1. The summed E-state index contributed by atoms with van der Waals surface area (Å²) in [6, 6.07) is 24.6. The number of carboxylic acids is 1. The highest BCUT2D eigenvalue weighted by atomic mass is 16.4. The first kappa shape index (κ1) is 17.5. The van der Waals surface area contributed by atoms with Gasteiger partial charge >= 0.3 is 5.97 Å². The summed E-state index contributed by atoms with van der Waals surface area (Å²) in [5.74, 6) is -0.218. The van der Waals surface area contributed by atoms with E-state index in [-0.39, 0.29) is 5.56 Å². The van der Waals surface area contributed by atoms with E-state index >= 15 is 0 Å². The van der Waals surface area contributed by atoms with Crippen molar-refractivity contribution in [2.75, 3.05) is 5.43 Å². The summed E-state index contributed by atoms with van der Waals surface area (Å²) in [5.41, 5.74) is 6.98. The number of aromatic nitrogens is 2. The highest BCUT2D eigenvalue weighted by molar-refractivity contribution is 5.88. The third-order valence-corrected chi connectivity index (χ3v) is 4.37. The van der Waals surface area contributed by atoms with Crippen LogP contribution in [0.5, 0.6) is 0 Å². The maximum atomic E-state index is 10.9. The van der Waals surface area contributed by atoms with Crippen molar-refractivity contribution in [2.45, 2.75) is 6.54 Å². The number of rotatable bonds is 6. The van der Waals surface area contributed by atoms with E-state index < -0.39 is 5.97 Å². The Labute approximate surface area is 161 Å². The molecule has 1 heterocycles. The van der Waals surface area contributed by atoms with E-state index in [1.54, 1.807) is 18.3 Å². The van der Waals surface area contributed by atoms with E-state index in [4.69, 9.17) is 5.11 Å². The van der Waals surface area contributed by atoms with E-state index in [0.717, 1.165) is 16.9 Å². The van der Waals surface area contributed by atoms with Crippen molar-refractivity contribution < 1.29 is 9.90 Å². The Hall–Kier alpha value is -3.93. The van der Waals surface area contributed by atoms with Crippen molar-refractivity contribution in [3.8, 4) is 0 Å². The van der Waals surface area contributed by atoms with Crippen LogP contribution < -0.4 is 5.43 Å². The van der Waals surface area contributed by atoms with Crippen LogP contribution in [-0.2, 0) is 6.54 Å². The first-order valence-corrected chi connectivity index (χ1v) is 8.82. The minimum atomic E-state index is -0.954. The van der Waals surface area contributed by atoms with Crippen molar-refractivity contribution >= 4 is 28.9 Å². The second-order valence-electron chi connectivity index (χ2n) is 6.28. The Morgan fingerprint density at radius 2 is 1.71 bits per heavy atom. The molecule has 4 rings (SSSR count). The number of imidazole rings is 1. The summed E-state index contributed by atoms with van der Waals surface area (Å²) >= 11 is 0. The van der Waals surface area contributed by atoms with E-state index in [9.17, 15) is 4.79 Å². The van der Waals surface area contributed by atoms with Crippen LogP contribution >= 0.6 is 0 Å². The number of fused-ring (bicyclic) bond motifs is 1. The zero-order chi connectivity index (χ0) is 19.3. The number of nitrogens with one attached hydrogen (secondary N) is 1. The molecule has 0 aliphatic rings. The van der Waals surface area contributed by atoms with Crippen LogP contribution in [0.25, 0.3) is 11.0 Å². The summed E-state index contributed by atoms with van der Waals surface area (Å²) in [7, 11) is 0. The minimum Gasteiger partial charge on any atom is -0.478 e. The topological polar surface area (TPSA) is 79.5 Å². The third-order valence-electron chi connectivity index (χ3n) is 4.37. The van der Waals surface area contributed by atoms with Crippen LogP contribution in [0.4, 0.5) is 5.69 Å². The molecule has 0 saturated heterocycles. The van der Waals surface area contributed by atoms with Gasteiger partial charge in [0.15, 0.2) is 5.82 Å². The van der Waals surface area contributed by atoms with E-state index in [0.29, 0.717) is 12.2 Å². The smallest absolute Gasteiger partial charge is 0.335 e. The molecule has 4 aromatic rings. The van der Waals surface area contributed by atoms with Crippen LogP contribution in [0.15, 0.2) is 84.0 Å². The predicted molar refractivity (Wildman–Crippen MR) is 110 cm³/mol. The number of aromatic carboxylic acids is 1. The molecule has 0 spiro atoms. The lowest BCUT2D eigenvalue weighted by Crippen LogP contribution is -2.05. The molecule has 0 saturated carbocycles. The SMILES string of the molecule is O=C(O)c1ccc(N/N=C\c2nc3ccccc3n2Cc2ccccc2)cc1. The van der Waals surface area contributed by atoms with Gasteiger partial charge in [-0.25, -0.2) is 9.78 Å². The van der Waals surface area contributed by atoms with Gasteiger partial charge in [-0.2, -0.15) is 5.10 Å². The molecule has 0 radical (unpaired) electrons. The van der Waals surface area contributed by atoms with Gasteiger partial charge in [0.1, 0.15) is 0 Å². The molecule has 1 aromatic heterocycles. The zero-order valence-electron chi connectivity index (χ0n) is 15.0. The molecule has 3 aromatic carbocycles.